The van der Waals surface area contributed by atoms with Crippen molar-refractivity contribution < 1.29 is 9.13 Å². The normalized spacial score (nSPS) is 12.9. The highest BCUT2D eigenvalue weighted by Gasteiger charge is 2.12. The van der Waals surface area contributed by atoms with Crippen molar-refractivity contribution in [2.24, 2.45) is 5.92 Å². The summed E-state index contributed by atoms with van der Waals surface area (Å²) in [6.07, 6.45) is 2.04. The maximum atomic E-state index is 13.3. The predicted octanol–water partition coefficient (Wildman–Crippen LogP) is 3.93. The fourth-order valence-corrected chi connectivity index (χ4v) is 1.84. The molecular formula is C16H26FNO. The molecule has 1 unspecified atom stereocenters. The molecule has 0 heterocycles. The Labute approximate surface area is 116 Å². The van der Waals surface area contributed by atoms with Gasteiger partial charge in [0.05, 0.1) is 6.10 Å². The molecule has 1 rings (SSSR count). The van der Waals surface area contributed by atoms with E-state index in [0.29, 0.717) is 12.5 Å². The summed E-state index contributed by atoms with van der Waals surface area (Å²) < 4.78 is 19.2. The van der Waals surface area contributed by atoms with E-state index in [1.54, 1.807) is 12.1 Å². The maximum absolute atomic E-state index is 13.3. The Bertz CT molecular complexity index is 354. The molecule has 1 aromatic carbocycles. The van der Waals surface area contributed by atoms with Crippen LogP contribution in [-0.4, -0.2) is 19.7 Å². The monoisotopic (exact) mass is 267 g/mol. The lowest BCUT2D eigenvalue weighted by Gasteiger charge is -2.19. The first kappa shape index (κ1) is 16.1. The standard InChI is InChI=1S/C16H26FNO/c1-4-9-18-12-16(19-10-8-13(2)3)14-6-5-7-15(17)11-14/h5-7,11,13,16,18H,4,8-10,12H2,1-3H3. The van der Waals surface area contributed by atoms with Crippen molar-refractivity contribution in [1.82, 2.24) is 5.32 Å². The highest BCUT2D eigenvalue weighted by Crippen LogP contribution is 2.18. The van der Waals surface area contributed by atoms with Crippen molar-refractivity contribution in [3.63, 3.8) is 0 Å². The lowest BCUT2D eigenvalue weighted by Crippen LogP contribution is -2.24. The minimum absolute atomic E-state index is 0.0685. The zero-order chi connectivity index (χ0) is 14.1. The fraction of sp³-hybridized carbons (Fsp3) is 0.625. The summed E-state index contributed by atoms with van der Waals surface area (Å²) in [4.78, 5) is 0. The summed E-state index contributed by atoms with van der Waals surface area (Å²) in [5.41, 5.74) is 0.910. The van der Waals surface area contributed by atoms with Crippen molar-refractivity contribution in [1.29, 1.82) is 0 Å². The van der Waals surface area contributed by atoms with Crippen LogP contribution in [0.15, 0.2) is 24.3 Å². The van der Waals surface area contributed by atoms with Crippen molar-refractivity contribution in [2.45, 2.75) is 39.7 Å². The second-order valence-electron chi connectivity index (χ2n) is 5.30. The molecule has 0 radical (unpaired) electrons. The van der Waals surface area contributed by atoms with Crippen LogP contribution in [0.2, 0.25) is 0 Å². The molecule has 1 atom stereocenters. The van der Waals surface area contributed by atoms with E-state index >= 15 is 0 Å². The molecule has 1 aromatic rings. The number of hydrogen-bond donors (Lipinski definition) is 1. The summed E-state index contributed by atoms with van der Waals surface area (Å²) in [5.74, 6) is 0.419. The molecule has 0 spiro atoms. The molecule has 0 aliphatic heterocycles. The minimum Gasteiger partial charge on any atom is -0.372 e. The van der Waals surface area contributed by atoms with E-state index in [2.05, 4.69) is 26.1 Å². The Kier molecular flexibility index (Phi) is 7.68. The van der Waals surface area contributed by atoms with E-state index in [9.17, 15) is 4.39 Å². The number of hydrogen-bond acceptors (Lipinski definition) is 2. The van der Waals surface area contributed by atoms with Gasteiger partial charge in [0, 0.05) is 13.2 Å². The molecule has 19 heavy (non-hydrogen) atoms. The summed E-state index contributed by atoms with van der Waals surface area (Å²) in [7, 11) is 0. The first-order chi connectivity index (χ1) is 9.13. The summed E-state index contributed by atoms with van der Waals surface area (Å²) >= 11 is 0. The molecule has 3 heteroatoms. The number of benzene rings is 1. The smallest absolute Gasteiger partial charge is 0.123 e. The lowest BCUT2D eigenvalue weighted by atomic mass is 10.1. The SMILES string of the molecule is CCCNCC(OCCC(C)C)c1cccc(F)c1. The number of ether oxygens (including phenoxy) is 1. The number of nitrogens with one attached hydrogen (secondary N) is 1. The first-order valence-electron chi connectivity index (χ1n) is 7.21. The van der Waals surface area contributed by atoms with Gasteiger partial charge >= 0.3 is 0 Å². The van der Waals surface area contributed by atoms with Crippen LogP contribution in [0.4, 0.5) is 4.39 Å². The van der Waals surface area contributed by atoms with Gasteiger partial charge in [-0.3, -0.25) is 0 Å². The van der Waals surface area contributed by atoms with Gasteiger partial charge in [-0.15, -0.1) is 0 Å². The average molecular weight is 267 g/mol. The van der Waals surface area contributed by atoms with Crippen molar-refractivity contribution in [2.75, 3.05) is 19.7 Å². The quantitative estimate of drug-likeness (QED) is 0.684. The van der Waals surface area contributed by atoms with Gasteiger partial charge in [0.25, 0.3) is 0 Å². The van der Waals surface area contributed by atoms with Crippen LogP contribution in [-0.2, 0) is 4.74 Å². The Morgan fingerprint density at radius 3 is 2.74 bits per heavy atom. The van der Waals surface area contributed by atoms with Crippen LogP contribution in [0, 0.1) is 11.7 Å². The molecule has 0 saturated heterocycles. The Morgan fingerprint density at radius 1 is 1.32 bits per heavy atom. The molecule has 0 saturated carbocycles. The Balaban J connectivity index is 2.57. The van der Waals surface area contributed by atoms with Gasteiger partial charge < -0.3 is 10.1 Å². The number of halogens is 1. The molecule has 108 valence electrons. The molecule has 0 aliphatic carbocycles. The van der Waals surface area contributed by atoms with Crippen molar-refractivity contribution >= 4 is 0 Å². The zero-order valence-electron chi connectivity index (χ0n) is 12.3. The zero-order valence-corrected chi connectivity index (χ0v) is 12.3. The highest BCUT2D eigenvalue weighted by molar-refractivity contribution is 5.19. The van der Waals surface area contributed by atoms with Gasteiger partial charge in [0.2, 0.25) is 0 Å². The van der Waals surface area contributed by atoms with Gasteiger partial charge in [-0.1, -0.05) is 32.9 Å². The number of rotatable bonds is 9. The Hall–Kier alpha value is -0.930. The molecule has 0 amide bonds. The van der Waals surface area contributed by atoms with Crippen LogP contribution in [0.1, 0.15) is 45.3 Å². The second-order valence-corrected chi connectivity index (χ2v) is 5.30. The van der Waals surface area contributed by atoms with Gasteiger partial charge in [-0.25, -0.2) is 4.39 Å². The van der Waals surface area contributed by atoms with Crippen LogP contribution in [0.3, 0.4) is 0 Å². The van der Waals surface area contributed by atoms with Gasteiger partial charge in [0.1, 0.15) is 5.82 Å². The van der Waals surface area contributed by atoms with E-state index in [1.807, 2.05) is 6.07 Å². The summed E-state index contributed by atoms with van der Waals surface area (Å²) in [6.45, 7) is 8.89. The van der Waals surface area contributed by atoms with Gasteiger partial charge in [-0.05, 0) is 43.0 Å². The van der Waals surface area contributed by atoms with E-state index in [0.717, 1.165) is 31.5 Å². The lowest BCUT2D eigenvalue weighted by molar-refractivity contribution is 0.0457. The molecule has 1 N–H and O–H groups in total. The largest absolute Gasteiger partial charge is 0.372 e. The second kappa shape index (κ2) is 9.05. The highest BCUT2D eigenvalue weighted by atomic mass is 19.1. The van der Waals surface area contributed by atoms with Crippen LogP contribution in [0.25, 0.3) is 0 Å². The molecule has 0 fully saturated rings. The minimum atomic E-state index is -0.203. The van der Waals surface area contributed by atoms with E-state index in [-0.39, 0.29) is 11.9 Å². The molecule has 0 aliphatic rings. The molecule has 0 aromatic heterocycles. The third-order valence-corrected chi connectivity index (χ3v) is 2.99. The van der Waals surface area contributed by atoms with Gasteiger partial charge in [0.15, 0.2) is 0 Å². The molecular weight excluding hydrogens is 241 g/mol. The van der Waals surface area contributed by atoms with Crippen LogP contribution < -0.4 is 5.32 Å². The fourth-order valence-electron chi connectivity index (χ4n) is 1.84. The van der Waals surface area contributed by atoms with Crippen LogP contribution in [0.5, 0.6) is 0 Å². The third-order valence-electron chi connectivity index (χ3n) is 2.99. The topological polar surface area (TPSA) is 21.3 Å². The maximum Gasteiger partial charge on any atom is 0.123 e. The average Bonchev–Trinajstić information content (AvgIpc) is 2.37. The Morgan fingerprint density at radius 2 is 2.11 bits per heavy atom. The third kappa shape index (κ3) is 6.69. The molecule has 0 bridgehead atoms. The predicted molar refractivity (Wildman–Crippen MR) is 77.7 cm³/mol. The molecule has 2 nitrogen and oxygen atoms in total. The summed E-state index contributed by atoms with van der Waals surface area (Å²) in [6, 6.07) is 6.70. The van der Waals surface area contributed by atoms with Gasteiger partial charge in [-0.2, -0.15) is 0 Å². The van der Waals surface area contributed by atoms with Crippen LogP contribution >= 0.6 is 0 Å². The van der Waals surface area contributed by atoms with E-state index < -0.39 is 0 Å². The first-order valence-corrected chi connectivity index (χ1v) is 7.21. The van der Waals surface area contributed by atoms with E-state index in [4.69, 9.17) is 4.74 Å². The van der Waals surface area contributed by atoms with Crippen molar-refractivity contribution in [3.05, 3.63) is 35.6 Å². The van der Waals surface area contributed by atoms with E-state index in [1.165, 1.54) is 6.07 Å². The van der Waals surface area contributed by atoms with Crippen molar-refractivity contribution in [3.8, 4) is 0 Å². The summed E-state index contributed by atoms with van der Waals surface area (Å²) in [5, 5.41) is 3.34.